The fourth-order valence-electron chi connectivity index (χ4n) is 4.03. The Morgan fingerprint density at radius 3 is 3.11 bits per heavy atom. The SMILES string of the molecule is CCNC(=NCCCc1nnc2n1CCCCC2)NC1CCc2ncnn2C1. The third-order valence-electron chi connectivity index (χ3n) is 5.51. The molecule has 2 aliphatic rings. The molecule has 4 rings (SSSR count). The van der Waals surface area contributed by atoms with Crippen LogP contribution in [0.3, 0.4) is 0 Å². The maximum atomic E-state index is 4.77. The second-order valence-corrected chi connectivity index (χ2v) is 7.60. The van der Waals surface area contributed by atoms with Gasteiger partial charge in [0.05, 0.1) is 6.54 Å². The van der Waals surface area contributed by atoms with Crippen LogP contribution in [-0.2, 0) is 32.4 Å². The van der Waals surface area contributed by atoms with Crippen LogP contribution in [-0.4, -0.2) is 54.6 Å². The molecule has 0 saturated carbocycles. The van der Waals surface area contributed by atoms with Crippen molar-refractivity contribution < 1.29 is 0 Å². The largest absolute Gasteiger partial charge is 0.357 e. The molecule has 152 valence electrons. The molecule has 2 N–H and O–H groups in total. The molecule has 2 aliphatic heterocycles. The Morgan fingerprint density at radius 1 is 1.21 bits per heavy atom. The number of nitrogens with one attached hydrogen (secondary N) is 2. The molecule has 9 nitrogen and oxygen atoms in total. The molecule has 1 atom stereocenters. The van der Waals surface area contributed by atoms with E-state index in [0.717, 1.165) is 81.7 Å². The van der Waals surface area contributed by atoms with Gasteiger partial charge in [-0.25, -0.2) is 9.67 Å². The van der Waals surface area contributed by atoms with Gasteiger partial charge in [0, 0.05) is 44.9 Å². The topological polar surface area (TPSA) is 97.8 Å². The molecule has 0 amide bonds. The van der Waals surface area contributed by atoms with Crippen molar-refractivity contribution in [2.45, 2.75) is 77.4 Å². The molecule has 0 radical (unpaired) electrons. The van der Waals surface area contributed by atoms with Gasteiger partial charge in [-0.05, 0) is 32.6 Å². The predicted molar refractivity (Wildman–Crippen MR) is 107 cm³/mol. The summed E-state index contributed by atoms with van der Waals surface area (Å²) in [4.78, 5) is 9.07. The van der Waals surface area contributed by atoms with Crippen molar-refractivity contribution in [3.8, 4) is 0 Å². The van der Waals surface area contributed by atoms with E-state index in [1.807, 2.05) is 4.68 Å². The molecule has 28 heavy (non-hydrogen) atoms. The van der Waals surface area contributed by atoms with Crippen molar-refractivity contribution in [1.29, 1.82) is 0 Å². The van der Waals surface area contributed by atoms with Crippen LogP contribution >= 0.6 is 0 Å². The Kier molecular flexibility index (Phi) is 6.18. The predicted octanol–water partition coefficient (Wildman–Crippen LogP) is 1.10. The lowest BCUT2D eigenvalue weighted by Gasteiger charge is -2.25. The maximum absolute atomic E-state index is 4.77. The minimum Gasteiger partial charge on any atom is -0.357 e. The number of nitrogens with zero attached hydrogens (tertiary/aromatic N) is 7. The molecule has 2 aromatic heterocycles. The summed E-state index contributed by atoms with van der Waals surface area (Å²) in [5, 5.41) is 20.0. The molecule has 0 saturated heterocycles. The van der Waals surface area contributed by atoms with Crippen LogP contribution in [0.5, 0.6) is 0 Å². The Bertz CT molecular complexity index is 791. The summed E-state index contributed by atoms with van der Waals surface area (Å²) in [6, 6.07) is 0.333. The number of aryl methyl sites for hydroxylation is 3. The van der Waals surface area contributed by atoms with E-state index >= 15 is 0 Å². The highest BCUT2D eigenvalue weighted by Gasteiger charge is 2.20. The van der Waals surface area contributed by atoms with E-state index in [0.29, 0.717) is 6.04 Å². The van der Waals surface area contributed by atoms with E-state index in [4.69, 9.17) is 4.99 Å². The first-order valence-corrected chi connectivity index (χ1v) is 10.7. The number of aromatic nitrogens is 6. The first kappa shape index (κ1) is 18.9. The van der Waals surface area contributed by atoms with Gasteiger partial charge in [-0.2, -0.15) is 5.10 Å². The number of guanidine groups is 1. The molecule has 0 aliphatic carbocycles. The van der Waals surface area contributed by atoms with Crippen LogP contribution in [0.2, 0.25) is 0 Å². The standard InChI is InChI=1S/C19H31N9/c1-2-20-19(24-15-9-10-16-22-14-23-28(16)13-15)21-11-6-8-18-26-25-17-7-4-3-5-12-27(17)18/h14-15H,2-13H2,1H3,(H2,20,21,24). The summed E-state index contributed by atoms with van der Waals surface area (Å²) in [5.41, 5.74) is 0. The summed E-state index contributed by atoms with van der Waals surface area (Å²) >= 11 is 0. The lowest BCUT2D eigenvalue weighted by atomic mass is 10.1. The second-order valence-electron chi connectivity index (χ2n) is 7.60. The summed E-state index contributed by atoms with van der Waals surface area (Å²) in [5.74, 6) is 4.25. The summed E-state index contributed by atoms with van der Waals surface area (Å²) < 4.78 is 4.32. The zero-order chi connectivity index (χ0) is 19.2. The van der Waals surface area contributed by atoms with Crippen molar-refractivity contribution in [1.82, 2.24) is 40.2 Å². The minimum atomic E-state index is 0.333. The average Bonchev–Trinajstić information content (AvgIpc) is 3.25. The molecule has 2 aromatic rings. The van der Waals surface area contributed by atoms with E-state index in [-0.39, 0.29) is 0 Å². The van der Waals surface area contributed by atoms with Crippen molar-refractivity contribution in [2.75, 3.05) is 13.1 Å². The highest BCUT2D eigenvalue weighted by molar-refractivity contribution is 5.80. The van der Waals surface area contributed by atoms with Gasteiger partial charge >= 0.3 is 0 Å². The van der Waals surface area contributed by atoms with E-state index in [1.165, 1.54) is 19.3 Å². The second kappa shape index (κ2) is 9.16. The Balaban J connectivity index is 1.29. The molecule has 0 spiro atoms. The number of rotatable bonds is 6. The monoisotopic (exact) mass is 385 g/mol. The number of fused-ring (bicyclic) bond motifs is 2. The summed E-state index contributed by atoms with van der Waals surface area (Å²) in [6.45, 7) is 5.63. The van der Waals surface area contributed by atoms with Crippen molar-refractivity contribution in [3.05, 3.63) is 23.8 Å². The first-order valence-electron chi connectivity index (χ1n) is 10.7. The van der Waals surface area contributed by atoms with E-state index < -0.39 is 0 Å². The fraction of sp³-hybridized carbons (Fsp3) is 0.737. The third kappa shape index (κ3) is 4.51. The Hall–Kier alpha value is -2.45. The molecule has 0 aromatic carbocycles. The molecular formula is C19H31N9. The van der Waals surface area contributed by atoms with Crippen LogP contribution in [0.4, 0.5) is 0 Å². The lowest BCUT2D eigenvalue weighted by molar-refractivity contribution is 0.392. The van der Waals surface area contributed by atoms with E-state index in [2.05, 4.69) is 42.4 Å². The van der Waals surface area contributed by atoms with Crippen LogP contribution in [0.25, 0.3) is 0 Å². The van der Waals surface area contributed by atoms with Crippen molar-refractivity contribution >= 4 is 5.96 Å². The Labute approximate surface area is 166 Å². The van der Waals surface area contributed by atoms with E-state index in [1.54, 1.807) is 6.33 Å². The van der Waals surface area contributed by atoms with Crippen LogP contribution < -0.4 is 10.6 Å². The summed E-state index contributed by atoms with van der Waals surface area (Å²) in [7, 11) is 0. The lowest BCUT2D eigenvalue weighted by Crippen LogP contribution is -2.47. The zero-order valence-electron chi connectivity index (χ0n) is 16.8. The quantitative estimate of drug-likeness (QED) is 0.439. The average molecular weight is 386 g/mol. The molecular weight excluding hydrogens is 354 g/mol. The fourth-order valence-corrected chi connectivity index (χ4v) is 4.03. The normalized spacial score (nSPS) is 19.6. The first-order chi connectivity index (χ1) is 13.8. The minimum absolute atomic E-state index is 0.333. The number of hydrogen-bond donors (Lipinski definition) is 2. The van der Waals surface area contributed by atoms with Crippen LogP contribution in [0.1, 0.15) is 56.5 Å². The highest BCUT2D eigenvalue weighted by atomic mass is 15.4. The van der Waals surface area contributed by atoms with Crippen LogP contribution in [0, 0.1) is 0 Å². The molecule has 0 bridgehead atoms. The number of hydrogen-bond acceptors (Lipinski definition) is 5. The zero-order valence-corrected chi connectivity index (χ0v) is 16.8. The molecule has 1 unspecified atom stereocenters. The smallest absolute Gasteiger partial charge is 0.191 e. The number of aliphatic imine (C=N–C) groups is 1. The van der Waals surface area contributed by atoms with Gasteiger partial charge in [-0.3, -0.25) is 4.99 Å². The van der Waals surface area contributed by atoms with Crippen molar-refractivity contribution in [3.63, 3.8) is 0 Å². The van der Waals surface area contributed by atoms with Crippen molar-refractivity contribution in [2.24, 2.45) is 4.99 Å². The summed E-state index contributed by atoms with van der Waals surface area (Å²) in [6.07, 6.45) is 10.4. The van der Waals surface area contributed by atoms with Gasteiger partial charge in [0.2, 0.25) is 0 Å². The third-order valence-corrected chi connectivity index (χ3v) is 5.51. The van der Waals surface area contributed by atoms with Gasteiger partial charge in [0.15, 0.2) is 5.96 Å². The maximum Gasteiger partial charge on any atom is 0.191 e. The molecule has 9 heteroatoms. The van der Waals surface area contributed by atoms with E-state index in [9.17, 15) is 0 Å². The molecule has 4 heterocycles. The van der Waals surface area contributed by atoms with Gasteiger partial charge in [-0.15, -0.1) is 10.2 Å². The van der Waals surface area contributed by atoms with Crippen LogP contribution in [0.15, 0.2) is 11.3 Å². The Morgan fingerprint density at radius 2 is 2.18 bits per heavy atom. The van der Waals surface area contributed by atoms with Gasteiger partial charge in [0.25, 0.3) is 0 Å². The van der Waals surface area contributed by atoms with Gasteiger partial charge in [-0.1, -0.05) is 6.42 Å². The highest BCUT2D eigenvalue weighted by Crippen LogP contribution is 2.15. The molecule has 0 fully saturated rings. The van der Waals surface area contributed by atoms with Gasteiger partial charge in [0.1, 0.15) is 23.8 Å². The van der Waals surface area contributed by atoms with Gasteiger partial charge < -0.3 is 15.2 Å².